The zero-order valence-electron chi connectivity index (χ0n) is 10.9. The van der Waals surface area contributed by atoms with Crippen molar-refractivity contribution in [1.82, 2.24) is 9.72 Å². The molecule has 0 aliphatic carbocycles. The lowest BCUT2D eigenvalue weighted by Crippen LogP contribution is -2.39. The van der Waals surface area contributed by atoms with Gasteiger partial charge < -0.3 is 14.5 Å². The summed E-state index contributed by atoms with van der Waals surface area (Å²) in [7, 11) is 1.42. The number of ketones is 1. The Bertz CT molecular complexity index is 692. The number of amides is 1. The van der Waals surface area contributed by atoms with Gasteiger partial charge in [-0.15, -0.1) is 0 Å². The smallest absolute Gasteiger partial charge is 0.471 e. The molecule has 0 spiro atoms. The number of ether oxygens (including phenoxy) is 1. The molecule has 0 saturated carbocycles. The van der Waals surface area contributed by atoms with Crippen LogP contribution in [-0.4, -0.2) is 35.9 Å². The van der Waals surface area contributed by atoms with E-state index >= 15 is 0 Å². The first kappa shape index (κ1) is 14.9. The van der Waals surface area contributed by atoms with Crippen molar-refractivity contribution in [3.8, 4) is 5.75 Å². The van der Waals surface area contributed by atoms with Crippen LogP contribution in [0.1, 0.15) is 10.4 Å². The summed E-state index contributed by atoms with van der Waals surface area (Å²) in [4.78, 5) is 22.7. The molecule has 2 aromatic heterocycles. The number of fused-ring (bicyclic) bond motifs is 1. The van der Waals surface area contributed by atoms with Crippen molar-refractivity contribution in [3.05, 3.63) is 36.2 Å². The van der Waals surface area contributed by atoms with Crippen LogP contribution >= 0.6 is 0 Å². The molecule has 0 aliphatic rings. The van der Waals surface area contributed by atoms with Crippen LogP contribution in [-0.2, 0) is 4.79 Å². The minimum absolute atomic E-state index is 0.176. The van der Waals surface area contributed by atoms with Crippen molar-refractivity contribution < 1.29 is 27.5 Å². The average molecular weight is 300 g/mol. The number of carbonyl (C=O) groups is 2. The topological polar surface area (TPSA) is 59.8 Å². The van der Waals surface area contributed by atoms with E-state index in [1.807, 2.05) is 0 Å². The van der Waals surface area contributed by atoms with Crippen molar-refractivity contribution in [3.63, 3.8) is 0 Å². The normalized spacial score (nSPS) is 11.4. The highest BCUT2D eigenvalue weighted by molar-refractivity contribution is 6.06. The van der Waals surface area contributed by atoms with Crippen LogP contribution in [0.5, 0.6) is 5.75 Å². The first-order chi connectivity index (χ1) is 9.84. The van der Waals surface area contributed by atoms with Crippen LogP contribution in [0.3, 0.4) is 0 Å². The lowest BCUT2D eigenvalue weighted by Gasteiger charge is -2.08. The largest absolute Gasteiger partial charge is 0.495 e. The Morgan fingerprint density at radius 1 is 1.29 bits per heavy atom. The third-order valence-electron chi connectivity index (χ3n) is 2.83. The molecule has 1 amide bonds. The average Bonchev–Trinajstić information content (AvgIpc) is 2.87. The molecule has 0 unspecified atom stereocenters. The number of halogens is 3. The molecular weight excluding hydrogens is 289 g/mol. The third kappa shape index (κ3) is 2.99. The summed E-state index contributed by atoms with van der Waals surface area (Å²) in [6.07, 6.45) is -1.76. The summed E-state index contributed by atoms with van der Waals surface area (Å²) >= 11 is 0. The summed E-state index contributed by atoms with van der Waals surface area (Å²) in [6, 6.07) is 4.78. The van der Waals surface area contributed by atoms with E-state index in [4.69, 9.17) is 4.74 Å². The Hall–Kier alpha value is -2.51. The highest BCUT2D eigenvalue weighted by atomic mass is 19.4. The zero-order valence-corrected chi connectivity index (χ0v) is 10.9. The summed E-state index contributed by atoms with van der Waals surface area (Å²) in [5.41, 5.74) is 0.612. The molecule has 0 aromatic carbocycles. The molecule has 21 heavy (non-hydrogen) atoms. The molecule has 0 radical (unpaired) electrons. The van der Waals surface area contributed by atoms with E-state index in [1.165, 1.54) is 13.2 Å². The third-order valence-corrected chi connectivity index (χ3v) is 2.83. The van der Waals surface area contributed by atoms with Gasteiger partial charge in [0, 0.05) is 18.0 Å². The van der Waals surface area contributed by atoms with E-state index < -0.39 is 24.4 Å². The highest BCUT2D eigenvalue weighted by Crippen LogP contribution is 2.24. The molecule has 1 N–H and O–H groups in total. The van der Waals surface area contributed by atoms with Crippen LogP contribution < -0.4 is 10.1 Å². The molecule has 112 valence electrons. The van der Waals surface area contributed by atoms with E-state index in [9.17, 15) is 22.8 Å². The molecular formula is C13H11F3N2O3. The van der Waals surface area contributed by atoms with Crippen molar-refractivity contribution in [2.45, 2.75) is 6.18 Å². The maximum atomic E-state index is 12.1. The lowest BCUT2D eigenvalue weighted by atomic mass is 10.1. The molecule has 2 heterocycles. The summed E-state index contributed by atoms with van der Waals surface area (Å²) < 4.78 is 42.9. The quantitative estimate of drug-likeness (QED) is 0.876. The van der Waals surface area contributed by atoms with Crippen LogP contribution in [0.15, 0.2) is 30.6 Å². The second-order valence-electron chi connectivity index (χ2n) is 4.17. The number of methoxy groups -OCH3 is 1. The predicted molar refractivity (Wildman–Crippen MR) is 67.3 cm³/mol. The van der Waals surface area contributed by atoms with Gasteiger partial charge in [-0.2, -0.15) is 13.2 Å². The van der Waals surface area contributed by atoms with Crippen molar-refractivity contribution in [2.75, 3.05) is 13.7 Å². The van der Waals surface area contributed by atoms with Crippen molar-refractivity contribution in [2.24, 2.45) is 0 Å². The minimum Gasteiger partial charge on any atom is -0.495 e. The number of pyridine rings is 1. The van der Waals surface area contributed by atoms with Gasteiger partial charge in [-0.3, -0.25) is 9.59 Å². The van der Waals surface area contributed by atoms with Crippen molar-refractivity contribution >= 4 is 17.2 Å². The number of Topliss-reactive ketones (excluding diaryl/α,β-unsaturated/α-hetero) is 1. The Kier molecular flexibility index (Phi) is 3.88. The molecule has 0 aliphatic heterocycles. The van der Waals surface area contributed by atoms with Gasteiger partial charge in [0.2, 0.25) is 0 Å². The maximum Gasteiger partial charge on any atom is 0.471 e. The van der Waals surface area contributed by atoms with E-state index in [0.717, 1.165) is 0 Å². The SMILES string of the molecule is COc1cccn2ccc(C(=O)CNC(=O)C(F)(F)F)c12. The number of nitrogens with one attached hydrogen (secondary N) is 1. The fourth-order valence-corrected chi connectivity index (χ4v) is 1.88. The summed E-state index contributed by atoms with van der Waals surface area (Å²) in [5, 5.41) is 1.55. The molecule has 0 bridgehead atoms. The Balaban J connectivity index is 2.23. The fourth-order valence-electron chi connectivity index (χ4n) is 1.88. The molecule has 5 nitrogen and oxygen atoms in total. The Labute approximate surface area is 117 Å². The second-order valence-corrected chi connectivity index (χ2v) is 4.17. The van der Waals surface area contributed by atoms with Gasteiger partial charge in [0.15, 0.2) is 5.78 Å². The molecule has 0 atom stereocenters. The Morgan fingerprint density at radius 2 is 2.00 bits per heavy atom. The van der Waals surface area contributed by atoms with E-state index in [2.05, 4.69) is 0 Å². The van der Waals surface area contributed by atoms with Gasteiger partial charge in [0.1, 0.15) is 5.75 Å². The first-order valence-corrected chi connectivity index (χ1v) is 5.86. The predicted octanol–water partition coefficient (Wildman–Crippen LogP) is 1.81. The number of rotatable bonds is 4. The molecule has 0 saturated heterocycles. The number of alkyl halides is 3. The van der Waals surface area contributed by atoms with Crippen molar-refractivity contribution in [1.29, 1.82) is 0 Å². The second kappa shape index (κ2) is 5.47. The molecule has 2 rings (SSSR count). The first-order valence-electron chi connectivity index (χ1n) is 5.86. The van der Waals surface area contributed by atoms with Gasteiger partial charge in [-0.1, -0.05) is 0 Å². The Morgan fingerprint density at radius 3 is 2.62 bits per heavy atom. The van der Waals surface area contributed by atoms with Crippen LogP contribution in [0.2, 0.25) is 0 Å². The highest BCUT2D eigenvalue weighted by Gasteiger charge is 2.38. The number of hydrogen-bond donors (Lipinski definition) is 1. The minimum atomic E-state index is -5.01. The lowest BCUT2D eigenvalue weighted by molar-refractivity contribution is -0.173. The fraction of sp³-hybridized carbons (Fsp3) is 0.231. The van der Waals surface area contributed by atoms with Crippen LogP contribution in [0, 0.1) is 0 Å². The number of nitrogens with zero attached hydrogens (tertiary/aromatic N) is 1. The van der Waals surface area contributed by atoms with Gasteiger partial charge in [0.05, 0.1) is 19.2 Å². The van der Waals surface area contributed by atoms with Crippen LogP contribution in [0.25, 0.3) is 5.52 Å². The molecule has 2 aromatic rings. The van der Waals surface area contributed by atoms with Gasteiger partial charge in [-0.25, -0.2) is 0 Å². The maximum absolute atomic E-state index is 12.1. The molecule has 8 heteroatoms. The van der Waals surface area contributed by atoms with E-state index in [-0.39, 0.29) is 5.56 Å². The summed E-state index contributed by atoms with van der Waals surface area (Å²) in [6.45, 7) is -0.740. The van der Waals surface area contributed by atoms with Gasteiger partial charge in [0.25, 0.3) is 0 Å². The van der Waals surface area contributed by atoms with Gasteiger partial charge in [-0.05, 0) is 18.2 Å². The standard InChI is InChI=1S/C13H11F3N2O3/c1-21-10-3-2-5-18-6-4-8(11(10)18)9(19)7-17-12(20)13(14,15)16/h2-6H,7H2,1H3,(H,17,20). The molecule has 0 fully saturated rings. The van der Waals surface area contributed by atoms with E-state index in [1.54, 1.807) is 34.2 Å². The number of hydrogen-bond acceptors (Lipinski definition) is 3. The number of aromatic nitrogens is 1. The van der Waals surface area contributed by atoms with Gasteiger partial charge >= 0.3 is 12.1 Å². The monoisotopic (exact) mass is 300 g/mol. The van der Waals surface area contributed by atoms with Crippen LogP contribution in [0.4, 0.5) is 13.2 Å². The van der Waals surface area contributed by atoms with E-state index in [0.29, 0.717) is 11.3 Å². The summed E-state index contributed by atoms with van der Waals surface area (Å²) in [5.74, 6) is -2.38. The number of carbonyl (C=O) groups excluding carboxylic acids is 2. The zero-order chi connectivity index (χ0) is 15.6.